The van der Waals surface area contributed by atoms with Crippen molar-refractivity contribution in [2.75, 3.05) is 0 Å². The normalized spacial score (nSPS) is 10.9. The van der Waals surface area contributed by atoms with Crippen molar-refractivity contribution in [3.63, 3.8) is 0 Å². The lowest BCUT2D eigenvalue weighted by Gasteiger charge is -2.07. The number of nitrogens with zero attached hydrogens (tertiary/aromatic N) is 1. The number of aromatic amines is 1. The lowest BCUT2D eigenvalue weighted by atomic mass is 10.1. The highest BCUT2D eigenvalue weighted by Gasteiger charge is 2.16. The van der Waals surface area contributed by atoms with Gasteiger partial charge in [-0.15, -0.1) is 0 Å². The Bertz CT molecular complexity index is 903. The van der Waals surface area contributed by atoms with Crippen LogP contribution in [0.2, 0.25) is 0 Å². The molecular weight excluding hydrogens is 279 g/mol. The average Bonchev–Trinajstić information content (AvgIpc) is 2.45. The number of hydrogen-bond donors (Lipinski definition) is 4. The minimum Gasteiger partial charge on any atom is -0.504 e. The molecule has 4 N–H and O–H groups in total. The largest absolute Gasteiger partial charge is 0.504 e. The van der Waals surface area contributed by atoms with E-state index in [0.29, 0.717) is 5.56 Å². The first-order valence-electron chi connectivity index (χ1n) is 5.91. The topological polar surface area (TPSA) is 106 Å². The summed E-state index contributed by atoms with van der Waals surface area (Å²) < 4.78 is 12.9. The van der Waals surface area contributed by atoms with Crippen molar-refractivity contribution >= 4 is 10.9 Å². The fourth-order valence-electron chi connectivity index (χ4n) is 2.01. The third kappa shape index (κ3) is 2.04. The molecular formula is C14H9FN2O4. The zero-order valence-corrected chi connectivity index (χ0v) is 10.5. The second-order valence-electron chi connectivity index (χ2n) is 4.41. The molecule has 0 atom stereocenters. The van der Waals surface area contributed by atoms with E-state index in [4.69, 9.17) is 0 Å². The molecule has 0 fully saturated rings. The van der Waals surface area contributed by atoms with E-state index in [1.54, 1.807) is 0 Å². The van der Waals surface area contributed by atoms with Crippen LogP contribution in [0.15, 0.2) is 35.1 Å². The number of rotatable bonds is 1. The number of benzene rings is 2. The fourth-order valence-corrected chi connectivity index (χ4v) is 2.01. The number of phenols is 3. The average molecular weight is 288 g/mol. The minimum atomic E-state index is -0.788. The Balaban J connectivity index is 2.31. The van der Waals surface area contributed by atoms with Crippen LogP contribution in [0.5, 0.6) is 17.2 Å². The highest BCUT2D eigenvalue weighted by Crippen LogP contribution is 2.39. The molecule has 0 aliphatic carbocycles. The summed E-state index contributed by atoms with van der Waals surface area (Å²) in [6.07, 6.45) is 0. The SMILES string of the molecule is O=c1[nH]c(-c2ccc(F)cc2)nc2cc(O)c(O)c(O)c12. The van der Waals surface area contributed by atoms with Gasteiger partial charge in [-0.1, -0.05) is 0 Å². The Kier molecular flexibility index (Phi) is 2.76. The number of halogens is 1. The lowest BCUT2D eigenvalue weighted by molar-refractivity contribution is 0.371. The summed E-state index contributed by atoms with van der Waals surface area (Å²) in [5, 5.41) is 28.4. The van der Waals surface area contributed by atoms with Gasteiger partial charge in [0.15, 0.2) is 11.5 Å². The maximum Gasteiger partial charge on any atom is 0.262 e. The maximum atomic E-state index is 12.9. The van der Waals surface area contributed by atoms with Crippen LogP contribution in [0.3, 0.4) is 0 Å². The van der Waals surface area contributed by atoms with Crippen molar-refractivity contribution in [1.82, 2.24) is 9.97 Å². The van der Waals surface area contributed by atoms with Gasteiger partial charge in [-0.3, -0.25) is 4.79 Å². The molecule has 106 valence electrons. The molecule has 0 saturated heterocycles. The molecule has 0 aliphatic heterocycles. The van der Waals surface area contributed by atoms with Gasteiger partial charge in [0.1, 0.15) is 17.0 Å². The maximum absolute atomic E-state index is 12.9. The van der Waals surface area contributed by atoms with Crippen LogP contribution in [0.25, 0.3) is 22.3 Å². The molecule has 2 aromatic carbocycles. The first-order chi connectivity index (χ1) is 9.97. The molecule has 7 heteroatoms. The molecule has 1 aromatic heterocycles. The second-order valence-corrected chi connectivity index (χ2v) is 4.41. The quantitative estimate of drug-likeness (QED) is 0.511. The smallest absolute Gasteiger partial charge is 0.262 e. The Morgan fingerprint density at radius 3 is 2.38 bits per heavy atom. The van der Waals surface area contributed by atoms with Crippen LogP contribution < -0.4 is 5.56 Å². The van der Waals surface area contributed by atoms with Gasteiger partial charge < -0.3 is 20.3 Å². The highest BCUT2D eigenvalue weighted by atomic mass is 19.1. The Morgan fingerprint density at radius 2 is 1.71 bits per heavy atom. The molecule has 6 nitrogen and oxygen atoms in total. The molecule has 0 spiro atoms. The summed E-state index contributed by atoms with van der Waals surface area (Å²) in [5.74, 6) is -2.41. The van der Waals surface area contributed by atoms with E-state index in [0.717, 1.165) is 6.07 Å². The molecule has 3 rings (SSSR count). The van der Waals surface area contributed by atoms with E-state index in [1.165, 1.54) is 24.3 Å². The summed E-state index contributed by atoms with van der Waals surface area (Å²) in [5.41, 5.74) is -0.222. The highest BCUT2D eigenvalue weighted by molar-refractivity contribution is 5.89. The van der Waals surface area contributed by atoms with Gasteiger partial charge in [-0.25, -0.2) is 9.37 Å². The minimum absolute atomic E-state index is 0.00544. The number of hydrogen-bond acceptors (Lipinski definition) is 5. The molecule has 0 radical (unpaired) electrons. The third-order valence-electron chi connectivity index (χ3n) is 3.04. The van der Waals surface area contributed by atoms with Crippen LogP contribution >= 0.6 is 0 Å². The molecule has 0 aliphatic rings. The molecule has 0 amide bonds. The summed E-state index contributed by atoms with van der Waals surface area (Å²) in [4.78, 5) is 18.5. The fraction of sp³-hybridized carbons (Fsp3) is 0. The van der Waals surface area contributed by atoms with Crippen LogP contribution in [0.1, 0.15) is 0 Å². The zero-order valence-electron chi connectivity index (χ0n) is 10.5. The van der Waals surface area contributed by atoms with E-state index in [9.17, 15) is 24.5 Å². The third-order valence-corrected chi connectivity index (χ3v) is 3.04. The Morgan fingerprint density at radius 1 is 1.05 bits per heavy atom. The monoisotopic (exact) mass is 288 g/mol. The van der Waals surface area contributed by atoms with Crippen LogP contribution in [0.4, 0.5) is 4.39 Å². The van der Waals surface area contributed by atoms with Crippen LogP contribution in [-0.4, -0.2) is 25.3 Å². The van der Waals surface area contributed by atoms with Gasteiger partial charge >= 0.3 is 0 Å². The second kappa shape index (κ2) is 4.48. The molecule has 21 heavy (non-hydrogen) atoms. The van der Waals surface area contributed by atoms with E-state index >= 15 is 0 Å². The van der Waals surface area contributed by atoms with E-state index < -0.39 is 28.6 Å². The van der Waals surface area contributed by atoms with Crippen molar-refractivity contribution in [1.29, 1.82) is 0 Å². The van der Waals surface area contributed by atoms with Gasteiger partial charge in [0, 0.05) is 11.6 Å². The summed E-state index contributed by atoms with van der Waals surface area (Å²) in [7, 11) is 0. The molecule has 3 aromatic rings. The first kappa shape index (κ1) is 12.9. The van der Waals surface area contributed by atoms with Gasteiger partial charge in [-0.05, 0) is 24.3 Å². The predicted octanol–water partition coefficient (Wildman–Crippen LogP) is 1.85. The van der Waals surface area contributed by atoms with Crippen LogP contribution in [0, 0.1) is 5.82 Å². The molecule has 0 unspecified atom stereocenters. The molecule has 0 bridgehead atoms. The van der Waals surface area contributed by atoms with Gasteiger partial charge in [0.25, 0.3) is 5.56 Å². The van der Waals surface area contributed by atoms with Crippen molar-refractivity contribution < 1.29 is 19.7 Å². The van der Waals surface area contributed by atoms with E-state index in [-0.39, 0.29) is 16.7 Å². The molecule has 0 saturated carbocycles. The van der Waals surface area contributed by atoms with Crippen molar-refractivity contribution in [2.24, 2.45) is 0 Å². The van der Waals surface area contributed by atoms with E-state index in [1.807, 2.05) is 0 Å². The summed E-state index contributed by atoms with van der Waals surface area (Å²) in [6.45, 7) is 0. The molecule has 1 heterocycles. The van der Waals surface area contributed by atoms with Crippen molar-refractivity contribution in [2.45, 2.75) is 0 Å². The first-order valence-corrected chi connectivity index (χ1v) is 5.91. The number of nitrogens with one attached hydrogen (secondary N) is 1. The van der Waals surface area contributed by atoms with Crippen molar-refractivity contribution in [3.8, 4) is 28.6 Å². The predicted molar refractivity (Wildman–Crippen MR) is 72.8 cm³/mol. The van der Waals surface area contributed by atoms with Gasteiger partial charge in [0.05, 0.1) is 5.52 Å². The van der Waals surface area contributed by atoms with Gasteiger partial charge in [-0.2, -0.15) is 0 Å². The number of aromatic hydroxyl groups is 3. The van der Waals surface area contributed by atoms with E-state index in [2.05, 4.69) is 9.97 Å². The lowest BCUT2D eigenvalue weighted by Crippen LogP contribution is -2.09. The number of aromatic nitrogens is 2. The standard InChI is InChI=1S/C14H9FN2O4/c15-7-3-1-6(2-4-7)13-16-8-5-9(18)11(19)12(20)10(8)14(21)17-13/h1-5,18-20H,(H,16,17,21). The zero-order chi connectivity index (χ0) is 15.1. The van der Waals surface area contributed by atoms with Gasteiger partial charge in [0.2, 0.25) is 5.75 Å². The Labute approximate surface area is 116 Å². The van der Waals surface area contributed by atoms with Crippen LogP contribution in [-0.2, 0) is 0 Å². The number of phenolic OH excluding ortho intramolecular Hbond substituents is 3. The number of fused-ring (bicyclic) bond motifs is 1. The summed E-state index contributed by atoms with van der Waals surface area (Å²) in [6, 6.07) is 6.35. The number of H-pyrrole nitrogens is 1. The van der Waals surface area contributed by atoms with Crippen molar-refractivity contribution in [3.05, 3.63) is 46.5 Å². The Hall–Kier alpha value is -3.09. The summed E-state index contributed by atoms with van der Waals surface area (Å²) >= 11 is 0.